The summed E-state index contributed by atoms with van der Waals surface area (Å²) in [5.74, 6) is 0. The van der Waals surface area contributed by atoms with Crippen LogP contribution in [-0.2, 0) is 11.2 Å². The number of nitrogens with zero attached hydrogens (tertiary/aromatic N) is 1. The van der Waals surface area contributed by atoms with Crippen molar-refractivity contribution in [2.45, 2.75) is 57.0 Å². The highest BCUT2D eigenvalue weighted by Crippen LogP contribution is 2.33. The van der Waals surface area contributed by atoms with Crippen LogP contribution in [0.3, 0.4) is 0 Å². The van der Waals surface area contributed by atoms with Gasteiger partial charge >= 0.3 is 6.09 Å². The topological polar surface area (TPSA) is 76.1 Å². The molecular formula is C17H26N2O2Si. The number of hydrogen-bond donors (Lipinski definition) is 1. The normalized spacial score (nSPS) is 15.4. The van der Waals surface area contributed by atoms with Gasteiger partial charge in [0.15, 0.2) is 5.60 Å². The maximum atomic E-state index is 11.0. The molecule has 1 amide bonds. The third kappa shape index (κ3) is 5.90. The lowest BCUT2D eigenvalue weighted by atomic mass is 9.97. The minimum Gasteiger partial charge on any atom is -0.428 e. The van der Waals surface area contributed by atoms with E-state index >= 15 is 0 Å². The first-order chi connectivity index (χ1) is 10.2. The van der Waals surface area contributed by atoms with E-state index in [4.69, 9.17) is 10.5 Å². The predicted octanol–water partition coefficient (Wildman–Crippen LogP) is 4.10. The highest BCUT2D eigenvalue weighted by atomic mass is 28.3. The summed E-state index contributed by atoms with van der Waals surface area (Å²) in [5, 5.41) is 9.27. The van der Waals surface area contributed by atoms with E-state index in [-0.39, 0.29) is 0 Å². The second-order valence-corrected chi connectivity index (χ2v) is 12.6. The molecule has 0 radical (unpaired) electrons. The fourth-order valence-corrected chi connectivity index (χ4v) is 4.40. The Morgan fingerprint density at radius 2 is 1.95 bits per heavy atom. The summed E-state index contributed by atoms with van der Waals surface area (Å²) in [7, 11) is -1.40. The standard InChI is InChI=1S/C17H26N2O2Si/c1-17(13-18,21-16(19)20)11-10-15(22(2,3)4)12-14-8-6-5-7-9-14/h5-9,15H,10-12H2,1-4H3,(H2,19,20). The second kappa shape index (κ2) is 7.46. The molecule has 2 N–H and O–H groups in total. The number of benzene rings is 1. The molecule has 120 valence electrons. The average molecular weight is 318 g/mol. The van der Waals surface area contributed by atoms with E-state index in [1.165, 1.54) is 5.56 Å². The van der Waals surface area contributed by atoms with Gasteiger partial charge in [-0.1, -0.05) is 50.0 Å². The lowest BCUT2D eigenvalue weighted by molar-refractivity contribution is 0.0643. The van der Waals surface area contributed by atoms with Crippen LogP contribution in [0.25, 0.3) is 0 Å². The van der Waals surface area contributed by atoms with Gasteiger partial charge in [0.1, 0.15) is 6.07 Å². The molecule has 0 fully saturated rings. The minimum absolute atomic E-state index is 0.508. The molecule has 2 atom stereocenters. The number of carbonyl (C=O) groups excluding carboxylic acids is 1. The molecule has 2 unspecified atom stereocenters. The number of hydrogen-bond acceptors (Lipinski definition) is 3. The van der Waals surface area contributed by atoms with E-state index < -0.39 is 19.8 Å². The van der Waals surface area contributed by atoms with Gasteiger partial charge in [0.25, 0.3) is 0 Å². The number of rotatable bonds is 7. The van der Waals surface area contributed by atoms with Gasteiger partial charge in [-0.15, -0.1) is 0 Å². The first-order valence-corrected chi connectivity index (χ1v) is 11.2. The SMILES string of the molecule is CC(C#N)(CCC(Cc1ccccc1)[Si](C)(C)C)OC(N)=O. The van der Waals surface area contributed by atoms with Crippen molar-refractivity contribution in [1.29, 1.82) is 5.26 Å². The summed E-state index contributed by atoms with van der Waals surface area (Å²) in [4.78, 5) is 11.0. The lowest BCUT2D eigenvalue weighted by Gasteiger charge is -2.31. The third-order valence-corrected chi connectivity index (χ3v) is 7.02. The van der Waals surface area contributed by atoms with Crippen molar-refractivity contribution < 1.29 is 9.53 Å². The number of amides is 1. The zero-order chi connectivity index (χ0) is 16.8. The molecule has 0 aliphatic rings. The van der Waals surface area contributed by atoms with Crippen LogP contribution >= 0.6 is 0 Å². The van der Waals surface area contributed by atoms with Crippen LogP contribution < -0.4 is 5.73 Å². The maximum Gasteiger partial charge on any atom is 0.406 e. The highest BCUT2D eigenvalue weighted by Gasteiger charge is 2.33. The average Bonchev–Trinajstić information content (AvgIpc) is 2.42. The first-order valence-electron chi connectivity index (χ1n) is 7.60. The van der Waals surface area contributed by atoms with E-state index in [9.17, 15) is 10.1 Å². The van der Waals surface area contributed by atoms with Gasteiger partial charge in [-0.25, -0.2) is 4.79 Å². The number of nitriles is 1. The smallest absolute Gasteiger partial charge is 0.406 e. The van der Waals surface area contributed by atoms with Gasteiger partial charge in [0.05, 0.1) is 0 Å². The quantitative estimate of drug-likeness (QED) is 0.769. The number of ether oxygens (including phenoxy) is 1. The Hall–Kier alpha value is -1.80. The van der Waals surface area contributed by atoms with Crippen molar-refractivity contribution >= 4 is 14.2 Å². The summed E-state index contributed by atoms with van der Waals surface area (Å²) in [6.45, 7) is 8.62. The van der Waals surface area contributed by atoms with Crippen molar-refractivity contribution in [3.8, 4) is 6.07 Å². The molecule has 0 saturated carbocycles. The Labute approximate surface area is 134 Å². The summed E-state index contributed by atoms with van der Waals surface area (Å²) in [5.41, 5.74) is 5.75. The Balaban J connectivity index is 2.78. The van der Waals surface area contributed by atoms with E-state index in [2.05, 4.69) is 37.8 Å². The van der Waals surface area contributed by atoms with Gasteiger partial charge in [-0.3, -0.25) is 0 Å². The largest absolute Gasteiger partial charge is 0.428 e. The monoisotopic (exact) mass is 318 g/mol. The highest BCUT2D eigenvalue weighted by molar-refractivity contribution is 6.77. The summed E-state index contributed by atoms with van der Waals surface area (Å²) < 4.78 is 4.99. The molecule has 0 heterocycles. The van der Waals surface area contributed by atoms with Crippen LogP contribution in [0.1, 0.15) is 25.3 Å². The molecule has 0 saturated heterocycles. The Morgan fingerprint density at radius 3 is 2.41 bits per heavy atom. The molecular weight excluding hydrogens is 292 g/mol. The van der Waals surface area contributed by atoms with Gasteiger partial charge in [-0.05, 0) is 30.9 Å². The van der Waals surface area contributed by atoms with Crippen LogP contribution in [0.15, 0.2) is 30.3 Å². The fourth-order valence-electron chi connectivity index (χ4n) is 2.54. The van der Waals surface area contributed by atoms with E-state index in [0.717, 1.165) is 12.8 Å². The van der Waals surface area contributed by atoms with Crippen molar-refractivity contribution in [2.24, 2.45) is 5.73 Å². The van der Waals surface area contributed by atoms with Crippen molar-refractivity contribution in [3.63, 3.8) is 0 Å². The van der Waals surface area contributed by atoms with Crippen molar-refractivity contribution in [1.82, 2.24) is 0 Å². The van der Waals surface area contributed by atoms with Gasteiger partial charge < -0.3 is 10.5 Å². The lowest BCUT2D eigenvalue weighted by Crippen LogP contribution is -2.36. The van der Waals surface area contributed by atoms with Crippen LogP contribution in [0.4, 0.5) is 4.79 Å². The van der Waals surface area contributed by atoms with Crippen LogP contribution in [0, 0.1) is 11.3 Å². The predicted molar refractivity (Wildman–Crippen MR) is 91.2 cm³/mol. The van der Waals surface area contributed by atoms with Crippen molar-refractivity contribution in [2.75, 3.05) is 0 Å². The fraction of sp³-hybridized carbons (Fsp3) is 0.529. The Morgan fingerprint density at radius 1 is 1.36 bits per heavy atom. The number of nitrogens with two attached hydrogens (primary N) is 1. The Bertz CT molecular complexity index is 534. The summed E-state index contributed by atoms with van der Waals surface area (Å²) in [6.07, 6.45) is 1.46. The molecule has 22 heavy (non-hydrogen) atoms. The van der Waals surface area contributed by atoms with Crippen molar-refractivity contribution in [3.05, 3.63) is 35.9 Å². The van der Waals surface area contributed by atoms with Gasteiger partial charge in [0, 0.05) is 14.5 Å². The van der Waals surface area contributed by atoms with Crippen LogP contribution in [0.2, 0.25) is 25.2 Å². The zero-order valence-electron chi connectivity index (χ0n) is 13.9. The molecule has 0 aromatic heterocycles. The van der Waals surface area contributed by atoms with E-state index in [1.54, 1.807) is 6.92 Å². The molecule has 1 aromatic carbocycles. The third-order valence-electron chi connectivity index (χ3n) is 4.08. The molecule has 0 aliphatic carbocycles. The zero-order valence-corrected chi connectivity index (χ0v) is 14.9. The molecule has 5 heteroatoms. The van der Waals surface area contributed by atoms with Crippen LogP contribution in [0.5, 0.6) is 0 Å². The molecule has 0 aliphatic heterocycles. The second-order valence-electron chi connectivity index (χ2n) is 7.06. The van der Waals surface area contributed by atoms with E-state index in [1.807, 2.05) is 18.2 Å². The molecule has 0 bridgehead atoms. The molecule has 1 rings (SSSR count). The van der Waals surface area contributed by atoms with Crippen LogP contribution in [-0.4, -0.2) is 19.8 Å². The van der Waals surface area contributed by atoms with E-state index in [0.29, 0.717) is 12.0 Å². The number of primary amides is 1. The molecule has 4 nitrogen and oxygen atoms in total. The Kier molecular flexibility index (Phi) is 6.18. The summed E-state index contributed by atoms with van der Waals surface area (Å²) in [6, 6.07) is 12.5. The van der Waals surface area contributed by atoms with Gasteiger partial charge in [-0.2, -0.15) is 5.26 Å². The number of carbonyl (C=O) groups is 1. The minimum atomic E-state index is -1.40. The maximum absolute atomic E-state index is 11.0. The molecule has 0 spiro atoms. The molecule has 1 aromatic rings. The summed E-state index contributed by atoms with van der Waals surface area (Å²) >= 11 is 0. The van der Waals surface area contributed by atoms with Gasteiger partial charge in [0.2, 0.25) is 0 Å². The first kappa shape index (κ1) is 18.2.